The zero-order chi connectivity index (χ0) is 29.9. The molecule has 1 amide bonds. The van der Waals surface area contributed by atoms with Crippen molar-refractivity contribution in [2.75, 3.05) is 51.3 Å². The monoisotopic (exact) mass is 585 g/mol. The number of anilines is 1. The lowest BCUT2D eigenvalue weighted by atomic mass is 9.72. The van der Waals surface area contributed by atoms with Gasteiger partial charge in [0.05, 0.1) is 32.1 Å². The fraction of sp³-hybridized carbons (Fsp3) is 0.600. The molecule has 3 fully saturated rings. The van der Waals surface area contributed by atoms with Crippen molar-refractivity contribution in [2.24, 2.45) is 5.41 Å². The summed E-state index contributed by atoms with van der Waals surface area (Å²) in [6.07, 6.45) is 6.72. The van der Waals surface area contributed by atoms with E-state index in [2.05, 4.69) is 25.1 Å². The summed E-state index contributed by atoms with van der Waals surface area (Å²) >= 11 is 0. The number of hydrogen-bond donors (Lipinski definition) is 1. The van der Waals surface area contributed by atoms with Gasteiger partial charge in [-0.1, -0.05) is 0 Å². The molecule has 0 bridgehead atoms. The summed E-state index contributed by atoms with van der Waals surface area (Å²) in [5.41, 5.74) is -0.311. The van der Waals surface area contributed by atoms with Crippen LogP contribution in [0.25, 0.3) is 0 Å². The normalized spacial score (nSPS) is 22.3. The van der Waals surface area contributed by atoms with E-state index in [0.29, 0.717) is 18.2 Å². The molecule has 228 valence electrons. The molecule has 2 aromatic rings. The zero-order valence-corrected chi connectivity index (χ0v) is 24.7. The van der Waals surface area contributed by atoms with Crippen molar-refractivity contribution in [3.63, 3.8) is 0 Å². The Balaban J connectivity index is 1.09. The van der Waals surface area contributed by atoms with Gasteiger partial charge in [0, 0.05) is 25.0 Å². The van der Waals surface area contributed by atoms with Gasteiger partial charge in [0.2, 0.25) is 0 Å². The van der Waals surface area contributed by atoms with Crippen molar-refractivity contribution in [1.29, 1.82) is 0 Å². The first-order chi connectivity index (χ1) is 20.0. The van der Waals surface area contributed by atoms with Crippen molar-refractivity contribution in [3.8, 4) is 11.5 Å². The molecule has 1 spiro atoms. The highest BCUT2D eigenvalue weighted by molar-refractivity contribution is 5.92. The molecule has 1 aromatic heterocycles. The van der Waals surface area contributed by atoms with E-state index in [1.165, 1.54) is 25.6 Å². The Morgan fingerprint density at radius 2 is 1.93 bits per heavy atom. The third kappa shape index (κ3) is 7.27. The average molecular weight is 586 g/mol. The van der Waals surface area contributed by atoms with Crippen LogP contribution in [0.3, 0.4) is 0 Å². The second-order valence-corrected chi connectivity index (χ2v) is 12.5. The number of likely N-dealkylation sites (tertiary alicyclic amines) is 1. The number of esters is 1. The van der Waals surface area contributed by atoms with Crippen molar-refractivity contribution in [1.82, 2.24) is 20.2 Å². The molecule has 0 saturated carbocycles. The van der Waals surface area contributed by atoms with Crippen LogP contribution in [-0.2, 0) is 14.2 Å². The minimum atomic E-state index is -0.687. The van der Waals surface area contributed by atoms with E-state index in [1.807, 2.05) is 20.8 Å². The minimum absolute atomic E-state index is 0.00322. The van der Waals surface area contributed by atoms with E-state index in [1.54, 1.807) is 6.20 Å². The fourth-order valence-corrected chi connectivity index (χ4v) is 5.86. The van der Waals surface area contributed by atoms with Crippen LogP contribution in [-0.4, -0.2) is 91.1 Å². The number of ether oxygens (including phenoxy) is 4. The van der Waals surface area contributed by atoms with E-state index in [-0.39, 0.29) is 28.9 Å². The molecular weight excluding hydrogens is 545 g/mol. The number of methoxy groups -OCH3 is 1. The number of carbonyl (C=O) groups is 2. The SMILES string of the molecule is COC(=O)c1cc(F)ccc1Oc1cncnc1N1CC2(CCN(C[C@@H]3CC[C@@H](NC(=O)OC(C)(C)C)CO3)CC2)C1. The number of nitrogens with one attached hydrogen (secondary N) is 1. The number of rotatable bonds is 7. The van der Waals surface area contributed by atoms with E-state index in [0.717, 1.165) is 64.5 Å². The lowest BCUT2D eigenvalue weighted by Gasteiger charge is -2.54. The summed E-state index contributed by atoms with van der Waals surface area (Å²) < 4.78 is 36.0. The lowest BCUT2D eigenvalue weighted by Crippen LogP contribution is -2.61. The number of amides is 1. The molecule has 3 saturated heterocycles. The van der Waals surface area contributed by atoms with Gasteiger partial charge < -0.3 is 34.1 Å². The predicted molar refractivity (Wildman–Crippen MR) is 152 cm³/mol. The van der Waals surface area contributed by atoms with Gasteiger partial charge in [0.15, 0.2) is 11.6 Å². The molecular formula is C30H40FN5O6. The van der Waals surface area contributed by atoms with Gasteiger partial charge >= 0.3 is 12.1 Å². The molecule has 0 radical (unpaired) electrons. The van der Waals surface area contributed by atoms with Crippen molar-refractivity contribution in [2.45, 2.75) is 64.2 Å². The van der Waals surface area contributed by atoms with Crippen LogP contribution >= 0.6 is 0 Å². The van der Waals surface area contributed by atoms with Gasteiger partial charge in [-0.05, 0) is 77.7 Å². The largest absolute Gasteiger partial charge is 0.465 e. The number of benzene rings is 1. The van der Waals surface area contributed by atoms with E-state index >= 15 is 0 Å². The number of carbonyl (C=O) groups excluding carboxylic acids is 2. The molecule has 12 heteroatoms. The Morgan fingerprint density at radius 3 is 2.60 bits per heavy atom. The molecule has 0 aliphatic carbocycles. The molecule has 0 unspecified atom stereocenters. The summed E-state index contributed by atoms with van der Waals surface area (Å²) in [5.74, 6) is -0.0234. The van der Waals surface area contributed by atoms with Crippen LogP contribution in [0.1, 0.15) is 56.8 Å². The third-order valence-electron chi connectivity index (χ3n) is 8.05. The third-order valence-corrected chi connectivity index (χ3v) is 8.05. The maximum atomic E-state index is 13.8. The highest BCUT2D eigenvalue weighted by atomic mass is 19.1. The highest BCUT2D eigenvalue weighted by Crippen LogP contribution is 2.45. The predicted octanol–water partition coefficient (Wildman–Crippen LogP) is 4.17. The molecule has 3 aliphatic rings. The van der Waals surface area contributed by atoms with Gasteiger partial charge in [-0.15, -0.1) is 0 Å². The summed E-state index contributed by atoms with van der Waals surface area (Å²) in [6, 6.07) is 3.70. The number of nitrogens with zero attached hydrogens (tertiary/aromatic N) is 4. The second-order valence-electron chi connectivity index (χ2n) is 12.5. The van der Waals surface area contributed by atoms with Crippen molar-refractivity contribution in [3.05, 3.63) is 42.1 Å². The van der Waals surface area contributed by atoms with Gasteiger partial charge in [-0.3, -0.25) is 0 Å². The smallest absolute Gasteiger partial charge is 0.407 e. The first kappa shape index (κ1) is 30.0. The Labute approximate surface area is 245 Å². The Morgan fingerprint density at radius 1 is 1.17 bits per heavy atom. The lowest BCUT2D eigenvalue weighted by molar-refractivity contribution is -0.0347. The fourth-order valence-electron chi connectivity index (χ4n) is 5.86. The van der Waals surface area contributed by atoms with Gasteiger partial charge in [0.25, 0.3) is 0 Å². The van der Waals surface area contributed by atoms with E-state index in [9.17, 15) is 14.0 Å². The maximum absolute atomic E-state index is 13.8. The van der Waals surface area contributed by atoms with Gasteiger partial charge in [-0.2, -0.15) is 0 Å². The Bertz CT molecular complexity index is 1260. The Kier molecular flexibility index (Phi) is 8.84. The van der Waals surface area contributed by atoms with Crippen molar-refractivity contribution >= 4 is 17.9 Å². The summed E-state index contributed by atoms with van der Waals surface area (Å²) in [4.78, 5) is 37.4. The van der Waals surface area contributed by atoms with E-state index < -0.39 is 23.5 Å². The second kappa shape index (κ2) is 12.4. The molecule has 3 aliphatic heterocycles. The number of hydrogen-bond acceptors (Lipinski definition) is 10. The maximum Gasteiger partial charge on any atom is 0.407 e. The molecule has 11 nitrogen and oxygen atoms in total. The molecule has 4 heterocycles. The van der Waals surface area contributed by atoms with Gasteiger partial charge in [0.1, 0.15) is 29.1 Å². The van der Waals surface area contributed by atoms with Crippen LogP contribution in [0.4, 0.5) is 15.0 Å². The van der Waals surface area contributed by atoms with Crippen LogP contribution in [0, 0.1) is 11.2 Å². The average Bonchev–Trinajstić information content (AvgIpc) is 2.93. The van der Waals surface area contributed by atoms with Crippen molar-refractivity contribution < 1.29 is 32.9 Å². The summed E-state index contributed by atoms with van der Waals surface area (Å²) in [5, 5.41) is 2.92. The van der Waals surface area contributed by atoms with Crippen LogP contribution in [0.15, 0.2) is 30.7 Å². The van der Waals surface area contributed by atoms with Crippen LogP contribution < -0.4 is 15.0 Å². The number of aromatic nitrogens is 2. The molecule has 5 rings (SSSR count). The van der Waals surface area contributed by atoms with E-state index in [4.69, 9.17) is 18.9 Å². The minimum Gasteiger partial charge on any atom is -0.465 e. The molecule has 42 heavy (non-hydrogen) atoms. The molecule has 1 N–H and O–H groups in total. The number of halogens is 1. The first-order valence-electron chi connectivity index (χ1n) is 14.5. The number of piperidine rings is 1. The zero-order valence-electron chi connectivity index (χ0n) is 24.7. The molecule has 1 aromatic carbocycles. The van der Waals surface area contributed by atoms with Gasteiger partial charge in [-0.25, -0.2) is 23.9 Å². The first-order valence-corrected chi connectivity index (χ1v) is 14.5. The molecule has 2 atom stereocenters. The number of alkyl carbamates (subject to hydrolysis) is 1. The summed E-state index contributed by atoms with van der Waals surface area (Å²) in [6.45, 7) is 10.6. The standard InChI is InChI=1S/C30H40FN5O6/c1-29(2,3)42-28(38)34-21-6-7-22(40-16-21)15-35-11-9-30(10-12-35)17-36(18-30)26-25(14-32-19-33-26)41-24-8-5-20(31)13-23(24)27(37)39-4/h5,8,13-14,19,21-22H,6-7,9-12,15-18H2,1-4H3,(H,34,38)/t21-,22+/m1/s1. The Hall–Kier alpha value is -3.51. The highest BCUT2D eigenvalue weighted by Gasteiger charge is 2.46. The quantitative estimate of drug-likeness (QED) is 0.475. The van der Waals surface area contributed by atoms with Crippen LogP contribution in [0.5, 0.6) is 11.5 Å². The van der Waals surface area contributed by atoms with Crippen LogP contribution in [0.2, 0.25) is 0 Å². The summed E-state index contributed by atoms with van der Waals surface area (Å²) in [7, 11) is 1.24. The topological polar surface area (TPSA) is 115 Å².